The third-order valence-electron chi connectivity index (χ3n) is 2.49. The van der Waals surface area contributed by atoms with E-state index in [-0.39, 0.29) is 12.1 Å². The topological polar surface area (TPSA) is 71.5 Å². The van der Waals surface area contributed by atoms with E-state index in [1.54, 1.807) is 4.90 Å². The lowest BCUT2D eigenvalue weighted by Crippen LogP contribution is -2.32. The molecule has 0 spiro atoms. The Balaban J connectivity index is 2.05. The highest BCUT2D eigenvalue weighted by atomic mass is 16.3. The van der Waals surface area contributed by atoms with Gasteiger partial charge in [0.15, 0.2) is 0 Å². The molecule has 3 N–H and O–H groups in total. The predicted octanol–water partition coefficient (Wildman–Crippen LogP) is 0.613. The number of amides is 2. The molecule has 82 valence electrons. The fourth-order valence-corrected chi connectivity index (χ4v) is 1.74. The van der Waals surface area contributed by atoms with E-state index in [4.69, 9.17) is 10.2 Å². The predicted molar refractivity (Wildman–Crippen MR) is 55.3 cm³/mol. The lowest BCUT2D eigenvalue weighted by molar-refractivity contribution is 0.218. The van der Waals surface area contributed by atoms with E-state index in [2.05, 4.69) is 5.32 Å². The van der Waals surface area contributed by atoms with Crippen LogP contribution in [0, 0.1) is 6.92 Å². The molecule has 1 atom stereocenters. The fraction of sp³-hybridized carbons (Fsp3) is 0.500. The normalized spacial score (nSPS) is 20.8. The summed E-state index contributed by atoms with van der Waals surface area (Å²) < 4.78 is 5.47. The van der Waals surface area contributed by atoms with Crippen molar-refractivity contribution < 1.29 is 9.21 Å². The molecule has 0 saturated carbocycles. The molecule has 2 heterocycles. The highest BCUT2D eigenvalue weighted by Gasteiger charge is 2.30. The summed E-state index contributed by atoms with van der Waals surface area (Å²) in [4.78, 5) is 13.2. The fourth-order valence-electron chi connectivity index (χ4n) is 1.74. The maximum Gasteiger partial charge on any atom is 0.318 e. The first kappa shape index (κ1) is 10.0. The van der Waals surface area contributed by atoms with Gasteiger partial charge in [0.2, 0.25) is 0 Å². The number of furan rings is 1. The SMILES string of the molecule is Cc1ccc(C2CN(CCN)C(=O)N2)o1. The van der Waals surface area contributed by atoms with Crippen molar-refractivity contribution in [3.05, 3.63) is 23.7 Å². The third-order valence-corrected chi connectivity index (χ3v) is 2.49. The van der Waals surface area contributed by atoms with Crippen molar-refractivity contribution in [1.82, 2.24) is 10.2 Å². The second kappa shape index (κ2) is 3.94. The van der Waals surface area contributed by atoms with E-state index in [1.165, 1.54) is 0 Å². The number of aryl methyl sites for hydroxylation is 1. The number of nitrogens with two attached hydrogens (primary N) is 1. The lowest BCUT2D eigenvalue weighted by Gasteiger charge is -2.11. The number of nitrogens with one attached hydrogen (secondary N) is 1. The largest absolute Gasteiger partial charge is 0.464 e. The molecule has 15 heavy (non-hydrogen) atoms. The highest BCUT2D eigenvalue weighted by molar-refractivity contribution is 5.77. The van der Waals surface area contributed by atoms with Crippen LogP contribution in [-0.2, 0) is 0 Å². The lowest BCUT2D eigenvalue weighted by atomic mass is 10.2. The van der Waals surface area contributed by atoms with Gasteiger partial charge in [-0.05, 0) is 19.1 Å². The van der Waals surface area contributed by atoms with E-state index < -0.39 is 0 Å². The molecule has 1 aliphatic rings. The van der Waals surface area contributed by atoms with Crippen LogP contribution in [0.3, 0.4) is 0 Å². The van der Waals surface area contributed by atoms with Crippen LogP contribution in [0.1, 0.15) is 17.6 Å². The Bertz CT molecular complexity index is 361. The summed E-state index contributed by atoms with van der Waals surface area (Å²) in [5, 5.41) is 2.86. The molecule has 5 nitrogen and oxygen atoms in total. The molecule has 1 aromatic rings. The van der Waals surface area contributed by atoms with Gasteiger partial charge in [-0.25, -0.2) is 4.79 Å². The van der Waals surface area contributed by atoms with Gasteiger partial charge in [0.1, 0.15) is 17.6 Å². The van der Waals surface area contributed by atoms with E-state index in [1.807, 2.05) is 19.1 Å². The Labute approximate surface area is 88.2 Å². The Morgan fingerprint density at radius 3 is 3.07 bits per heavy atom. The molecule has 2 amide bonds. The molecule has 2 rings (SSSR count). The molecule has 0 radical (unpaired) electrons. The van der Waals surface area contributed by atoms with Gasteiger partial charge in [0.05, 0.1) is 6.54 Å². The zero-order valence-electron chi connectivity index (χ0n) is 8.69. The van der Waals surface area contributed by atoms with Crippen molar-refractivity contribution in [1.29, 1.82) is 0 Å². The maximum absolute atomic E-state index is 11.5. The van der Waals surface area contributed by atoms with E-state index >= 15 is 0 Å². The van der Waals surface area contributed by atoms with Crippen LogP contribution in [0.4, 0.5) is 4.79 Å². The van der Waals surface area contributed by atoms with Gasteiger partial charge in [0, 0.05) is 13.1 Å². The zero-order valence-corrected chi connectivity index (χ0v) is 8.69. The van der Waals surface area contributed by atoms with Gasteiger partial charge in [-0.1, -0.05) is 0 Å². The van der Waals surface area contributed by atoms with Crippen LogP contribution >= 0.6 is 0 Å². The molecule has 0 aromatic carbocycles. The molecule has 1 aliphatic heterocycles. The van der Waals surface area contributed by atoms with Crippen LogP contribution in [0.5, 0.6) is 0 Å². The van der Waals surface area contributed by atoms with Crippen LogP contribution in [0.25, 0.3) is 0 Å². The van der Waals surface area contributed by atoms with E-state index in [9.17, 15) is 4.79 Å². The number of urea groups is 1. The smallest absolute Gasteiger partial charge is 0.318 e. The standard InChI is InChI=1S/C10H15N3O2/c1-7-2-3-9(15-7)8-6-13(5-4-11)10(14)12-8/h2-3,8H,4-6,11H2,1H3,(H,12,14). The van der Waals surface area contributed by atoms with Crippen molar-refractivity contribution in [3.8, 4) is 0 Å². The Kier molecular flexibility index (Phi) is 2.64. The van der Waals surface area contributed by atoms with Gasteiger partial charge in [-0.3, -0.25) is 0 Å². The molecule has 1 unspecified atom stereocenters. The Hall–Kier alpha value is -1.49. The first-order chi connectivity index (χ1) is 7.20. The summed E-state index contributed by atoms with van der Waals surface area (Å²) in [5.41, 5.74) is 5.41. The summed E-state index contributed by atoms with van der Waals surface area (Å²) in [5.74, 6) is 1.66. The van der Waals surface area contributed by atoms with Gasteiger partial charge in [0.25, 0.3) is 0 Å². The quantitative estimate of drug-likeness (QED) is 0.766. The Morgan fingerprint density at radius 2 is 2.47 bits per heavy atom. The molecule has 5 heteroatoms. The minimum absolute atomic E-state index is 0.0438. The second-order valence-corrected chi connectivity index (χ2v) is 3.69. The van der Waals surface area contributed by atoms with Gasteiger partial charge < -0.3 is 20.4 Å². The van der Waals surface area contributed by atoms with E-state index in [0.717, 1.165) is 11.5 Å². The minimum atomic E-state index is -0.0699. The highest BCUT2D eigenvalue weighted by Crippen LogP contribution is 2.21. The summed E-state index contributed by atoms with van der Waals surface area (Å²) in [7, 11) is 0. The molecular weight excluding hydrogens is 194 g/mol. The average Bonchev–Trinajstić information content (AvgIpc) is 2.75. The molecule has 1 saturated heterocycles. The first-order valence-corrected chi connectivity index (χ1v) is 5.02. The van der Waals surface area contributed by atoms with Crippen LogP contribution in [0.15, 0.2) is 16.5 Å². The van der Waals surface area contributed by atoms with Crippen molar-refractivity contribution in [2.24, 2.45) is 5.73 Å². The molecule has 1 fully saturated rings. The van der Waals surface area contributed by atoms with Crippen LogP contribution < -0.4 is 11.1 Å². The average molecular weight is 209 g/mol. The molecule has 0 aliphatic carbocycles. The second-order valence-electron chi connectivity index (χ2n) is 3.69. The maximum atomic E-state index is 11.5. The third kappa shape index (κ3) is 1.97. The van der Waals surface area contributed by atoms with Crippen LogP contribution in [0.2, 0.25) is 0 Å². The van der Waals surface area contributed by atoms with Crippen LogP contribution in [-0.4, -0.2) is 30.6 Å². The summed E-state index contributed by atoms with van der Waals surface area (Å²) in [6, 6.07) is 3.68. The molecular formula is C10H15N3O2. The number of hydrogen-bond donors (Lipinski definition) is 2. The summed E-state index contributed by atoms with van der Waals surface area (Å²) in [6.45, 7) is 3.58. The molecule has 1 aromatic heterocycles. The summed E-state index contributed by atoms with van der Waals surface area (Å²) in [6.07, 6.45) is 0. The zero-order chi connectivity index (χ0) is 10.8. The monoisotopic (exact) mass is 209 g/mol. The van der Waals surface area contributed by atoms with E-state index in [0.29, 0.717) is 19.6 Å². The van der Waals surface area contributed by atoms with Gasteiger partial charge >= 0.3 is 6.03 Å². The number of nitrogens with zero attached hydrogens (tertiary/aromatic N) is 1. The number of carbonyl (C=O) groups excluding carboxylic acids is 1. The van der Waals surface area contributed by atoms with Gasteiger partial charge in [-0.2, -0.15) is 0 Å². The number of carbonyl (C=O) groups is 1. The minimum Gasteiger partial charge on any atom is -0.464 e. The van der Waals surface area contributed by atoms with Gasteiger partial charge in [-0.15, -0.1) is 0 Å². The molecule has 0 bridgehead atoms. The van der Waals surface area contributed by atoms with Crippen molar-refractivity contribution in [2.45, 2.75) is 13.0 Å². The first-order valence-electron chi connectivity index (χ1n) is 5.02. The Morgan fingerprint density at radius 1 is 1.67 bits per heavy atom. The van der Waals surface area contributed by atoms with Crippen molar-refractivity contribution in [2.75, 3.05) is 19.6 Å². The summed E-state index contributed by atoms with van der Waals surface area (Å²) >= 11 is 0. The number of rotatable bonds is 3. The number of hydrogen-bond acceptors (Lipinski definition) is 3. The van der Waals surface area contributed by atoms with Crippen molar-refractivity contribution in [3.63, 3.8) is 0 Å². The van der Waals surface area contributed by atoms with Crippen molar-refractivity contribution >= 4 is 6.03 Å².